The normalized spacial score (nSPS) is 20.7. The second kappa shape index (κ2) is 7.85. The van der Waals surface area contributed by atoms with Crippen LogP contribution in [0.2, 0.25) is 0 Å². The van der Waals surface area contributed by atoms with E-state index in [1.54, 1.807) is 7.11 Å². The van der Waals surface area contributed by atoms with Gasteiger partial charge in [-0.25, -0.2) is 0 Å². The van der Waals surface area contributed by atoms with Crippen molar-refractivity contribution in [3.05, 3.63) is 35.9 Å². The fourth-order valence-corrected chi connectivity index (χ4v) is 3.25. The summed E-state index contributed by atoms with van der Waals surface area (Å²) < 4.78 is 5.16. The van der Waals surface area contributed by atoms with Crippen LogP contribution in [-0.2, 0) is 11.2 Å². The van der Waals surface area contributed by atoms with Crippen molar-refractivity contribution >= 4 is 16.9 Å². The zero-order valence-corrected chi connectivity index (χ0v) is 14.1. The first-order valence-electron chi connectivity index (χ1n) is 7.56. The second-order valence-electron chi connectivity index (χ2n) is 6.37. The van der Waals surface area contributed by atoms with E-state index >= 15 is 0 Å². The highest BCUT2D eigenvalue weighted by atomic mass is 32.2. The smallest absolute Gasteiger partial charge is 0.156 e. The molecule has 1 aromatic rings. The van der Waals surface area contributed by atoms with Crippen molar-refractivity contribution in [3.63, 3.8) is 0 Å². The molecule has 1 aromatic carbocycles. The molecule has 0 amide bonds. The number of hydrogen-bond donors (Lipinski definition) is 1. The van der Waals surface area contributed by atoms with Crippen molar-refractivity contribution in [2.75, 3.05) is 26.0 Å². The largest absolute Gasteiger partial charge is 0.385 e. The number of nitrogens with one attached hydrogen (secondary N) is 1. The van der Waals surface area contributed by atoms with Gasteiger partial charge in [-0.2, -0.15) is 0 Å². The van der Waals surface area contributed by atoms with Crippen LogP contribution in [-0.4, -0.2) is 37.2 Å². The molecule has 116 valence electrons. The number of benzene rings is 1. The molecule has 3 nitrogen and oxygen atoms in total. The second-order valence-corrected chi connectivity index (χ2v) is 7.38. The molecule has 1 aliphatic rings. The van der Waals surface area contributed by atoms with Crippen LogP contribution in [0.5, 0.6) is 0 Å². The van der Waals surface area contributed by atoms with Crippen molar-refractivity contribution in [1.82, 2.24) is 5.32 Å². The van der Waals surface area contributed by atoms with Crippen molar-refractivity contribution in [2.24, 2.45) is 10.4 Å². The summed E-state index contributed by atoms with van der Waals surface area (Å²) in [6.45, 7) is 6.15. The molecule has 1 saturated heterocycles. The van der Waals surface area contributed by atoms with Gasteiger partial charge in [0.05, 0.1) is 0 Å². The summed E-state index contributed by atoms with van der Waals surface area (Å²) in [6, 6.07) is 11.1. The Labute approximate surface area is 132 Å². The van der Waals surface area contributed by atoms with Gasteiger partial charge in [-0.05, 0) is 23.8 Å². The van der Waals surface area contributed by atoms with Crippen LogP contribution in [0.25, 0.3) is 0 Å². The van der Waals surface area contributed by atoms with Gasteiger partial charge in [-0.15, -0.1) is 0 Å². The van der Waals surface area contributed by atoms with Gasteiger partial charge >= 0.3 is 0 Å². The molecule has 1 heterocycles. The summed E-state index contributed by atoms with van der Waals surface area (Å²) in [7, 11) is 1.75. The van der Waals surface area contributed by atoms with Gasteiger partial charge < -0.3 is 10.1 Å². The summed E-state index contributed by atoms with van der Waals surface area (Å²) in [4.78, 5) is 4.75. The van der Waals surface area contributed by atoms with Crippen LogP contribution < -0.4 is 5.32 Å². The van der Waals surface area contributed by atoms with E-state index in [0.29, 0.717) is 6.04 Å². The fourth-order valence-electron chi connectivity index (χ4n) is 2.28. The van der Waals surface area contributed by atoms with E-state index in [-0.39, 0.29) is 5.41 Å². The van der Waals surface area contributed by atoms with Crippen LogP contribution >= 0.6 is 11.8 Å². The van der Waals surface area contributed by atoms with E-state index in [1.165, 1.54) is 5.56 Å². The van der Waals surface area contributed by atoms with Gasteiger partial charge in [-0.1, -0.05) is 55.9 Å². The lowest BCUT2D eigenvalue weighted by Crippen LogP contribution is -2.29. The average molecular weight is 306 g/mol. The van der Waals surface area contributed by atoms with Crippen LogP contribution in [0, 0.1) is 5.41 Å². The summed E-state index contributed by atoms with van der Waals surface area (Å²) in [5.41, 5.74) is 1.58. The highest BCUT2D eigenvalue weighted by Crippen LogP contribution is 2.23. The van der Waals surface area contributed by atoms with Gasteiger partial charge in [0.15, 0.2) is 5.17 Å². The number of aliphatic imine (C=N–C) groups is 1. The SMILES string of the molecule is COCCC(C)(C)CN=C1NC(Cc2ccccc2)CS1. The monoisotopic (exact) mass is 306 g/mol. The predicted molar refractivity (Wildman–Crippen MR) is 92.1 cm³/mol. The molecule has 1 N–H and O–H groups in total. The van der Waals surface area contributed by atoms with Crippen molar-refractivity contribution < 1.29 is 4.74 Å². The molecule has 1 fully saturated rings. The molecular formula is C17H26N2OS. The molecule has 0 aliphatic carbocycles. The van der Waals surface area contributed by atoms with Gasteiger partial charge in [0, 0.05) is 32.1 Å². The maximum Gasteiger partial charge on any atom is 0.156 e. The maximum atomic E-state index is 5.16. The third-order valence-corrected chi connectivity index (χ3v) is 4.80. The van der Waals surface area contributed by atoms with E-state index < -0.39 is 0 Å². The molecule has 4 heteroatoms. The summed E-state index contributed by atoms with van der Waals surface area (Å²) in [6.07, 6.45) is 2.11. The zero-order valence-electron chi connectivity index (χ0n) is 13.3. The number of thioether (sulfide) groups is 1. The third kappa shape index (κ3) is 5.71. The number of ether oxygens (including phenoxy) is 1. The third-order valence-electron chi connectivity index (χ3n) is 3.71. The van der Waals surface area contributed by atoms with E-state index in [4.69, 9.17) is 9.73 Å². The highest BCUT2D eigenvalue weighted by Gasteiger charge is 2.22. The van der Waals surface area contributed by atoms with Gasteiger partial charge in [0.1, 0.15) is 0 Å². The molecule has 1 atom stereocenters. The highest BCUT2D eigenvalue weighted by molar-refractivity contribution is 8.14. The molecule has 0 aromatic heterocycles. The standard InChI is InChI=1S/C17H26N2OS/c1-17(2,9-10-20-3)13-18-16-19-15(12-21-16)11-14-7-5-4-6-8-14/h4-8,15H,9-13H2,1-3H3,(H,18,19). The van der Waals surface area contributed by atoms with Crippen molar-refractivity contribution in [1.29, 1.82) is 0 Å². The molecule has 2 rings (SSSR count). The summed E-state index contributed by atoms with van der Waals surface area (Å²) in [5, 5.41) is 4.65. The Bertz CT molecular complexity index is 459. The average Bonchev–Trinajstić information content (AvgIpc) is 2.92. The maximum absolute atomic E-state index is 5.16. The van der Waals surface area contributed by atoms with Gasteiger partial charge in [0.25, 0.3) is 0 Å². The van der Waals surface area contributed by atoms with Crippen LogP contribution in [0.4, 0.5) is 0 Å². The molecule has 0 spiro atoms. The Hall–Kier alpha value is -1.00. The Morgan fingerprint density at radius 3 is 2.81 bits per heavy atom. The number of nitrogens with zero attached hydrogens (tertiary/aromatic N) is 1. The number of amidine groups is 1. The van der Waals surface area contributed by atoms with Crippen LogP contribution in [0.15, 0.2) is 35.3 Å². The molecule has 0 bridgehead atoms. The number of rotatable bonds is 7. The van der Waals surface area contributed by atoms with Gasteiger partial charge in [-0.3, -0.25) is 4.99 Å². The van der Waals surface area contributed by atoms with E-state index in [1.807, 2.05) is 11.8 Å². The quantitative estimate of drug-likeness (QED) is 0.838. The molecule has 1 aliphatic heterocycles. The molecule has 1 unspecified atom stereocenters. The molecule has 0 saturated carbocycles. The Morgan fingerprint density at radius 2 is 2.10 bits per heavy atom. The number of methoxy groups -OCH3 is 1. The first-order chi connectivity index (χ1) is 10.1. The predicted octanol–water partition coefficient (Wildman–Crippen LogP) is 3.35. The zero-order chi connectivity index (χ0) is 15.1. The topological polar surface area (TPSA) is 33.6 Å². The Morgan fingerprint density at radius 1 is 1.33 bits per heavy atom. The Balaban J connectivity index is 1.80. The van der Waals surface area contributed by atoms with Crippen LogP contribution in [0.3, 0.4) is 0 Å². The van der Waals surface area contributed by atoms with E-state index in [2.05, 4.69) is 49.5 Å². The minimum absolute atomic E-state index is 0.197. The first-order valence-corrected chi connectivity index (χ1v) is 8.54. The molecule has 21 heavy (non-hydrogen) atoms. The fraction of sp³-hybridized carbons (Fsp3) is 0.588. The lowest BCUT2D eigenvalue weighted by atomic mass is 9.90. The van der Waals surface area contributed by atoms with Crippen molar-refractivity contribution in [3.8, 4) is 0 Å². The summed E-state index contributed by atoms with van der Waals surface area (Å²) in [5.74, 6) is 1.10. The summed E-state index contributed by atoms with van der Waals surface area (Å²) >= 11 is 1.84. The van der Waals surface area contributed by atoms with Gasteiger partial charge in [0.2, 0.25) is 0 Å². The molecular weight excluding hydrogens is 280 g/mol. The molecule has 0 radical (unpaired) electrons. The first kappa shape index (κ1) is 16.4. The van der Waals surface area contributed by atoms with E-state index in [9.17, 15) is 0 Å². The van der Waals surface area contributed by atoms with Crippen molar-refractivity contribution in [2.45, 2.75) is 32.7 Å². The minimum atomic E-state index is 0.197. The lowest BCUT2D eigenvalue weighted by molar-refractivity contribution is 0.155. The van der Waals surface area contributed by atoms with Crippen LogP contribution in [0.1, 0.15) is 25.8 Å². The Kier molecular flexibility index (Phi) is 6.12. The lowest BCUT2D eigenvalue weighted by Gasteiger charge is -2.21. The number of hydrogen-bond acceptors (Lipinski definition) is 3. The van der Waals surface area contributed by atoms with E-state index in [0.717, 1.165) is 36.9 Å². The minimum Gasteiger partial charge on any atom is -0.385 e.